The molecule has 2 rings (SSSR count). The number of carbonyl (C=O) groups is 2. The van der Waals surface area contributed by atoms with Gasteiger partial charge in [-0.3, -0.25) is 13.9 Å². The first kappa shape index (κ1) is 28.4. The summed E-state index contributed by atoms with van der Waals surface area (Å²) in [6.45, 7) is 11.9. The van der Waals surface area contributed by atoms with Crippen molar-refractivity contribution in [2.75, 3.05) is 23.7 Å². The monoisotopic (exact) mass is 501 g/mol. The third kappa shape index (κ3) is 8.09. The van der Waals surface area contributed by atoms with Gasteiger partial charge in [-0.1, -0.05) is 75.7 Å². The van der Waals surface area contributed by atoms with Crippen LogP contribution in [0.3, 0.4) is 0 Å². The fourth-order valence-corrected chi connectivity index (χ4v) is 4.71. The third-order valence-corrected chi connectivity index (χ3v) is 6.92. The Morgan fingerprint density at radius 3 is 2.20 bits per heavy atom. The Morgan fingerprint density at radius 2 is 1.63 bits per heavy atom. The summed E-state index contributed by atoms with van der Waals surface area (Å²) in [5, 5.41) is 2.89. The number of benzene rings is 2. The molecule has 0 saturated carbocycles. The summed E-state index contributed by atoms with van der Waals surface area (Å²) in [5.74, 6) is -0.383. The smallest absolute Gasteiger partial charge is 0.244 e. The van der Waals surface area contributed by atoms with Gasteiger partial charge >= 0.3 is 0 Å². The van der Waals surface area contributed by atoms with E-state index >= 15 is 0 Å². The average molecular weight is 502 g/mol. The first-order valence-corrected chi connectivity index (χ1v) is 13.9. The van der Waals surface area contributed by atoms with Gasteiger partial charge in [0.05, 0.1) is 11.9 Å². The van der Waals surface area contributed by atoms with Gasteiger partial charge in [0.25, 0.3) is 0 Å². The summed E-state index contributed by atoms with van der Waals surface area (Å²) >= 11 is 0. The Hall–Kier alpha value is -2.87. The van der Waals surface area contributed by atoms with Crippen LogP contribution in [0.2, 0.25) is 0 Å². The lowest BCUT2D eigenvalue weighted by molar-refractivity contribution is -0.139. The fraction of sp³-hybridized carbons (Fsp3) is 0.481. The highest BCUT2D eigenvalue weighted by Crippen LogP contribution is 2.29. The first-order chi connectivity index (χ1) is 16.3. The molecule has 0 spiro atoms. The quantitative estimate of drug-likeness (QED) is 0.503. The van der Waals surface area contributed by atoms with Crippen molar-refractivity contribution < 1.29 is 18.0 Å². The maximum Gasteiger partial charge on any atom is 0.244 e. The topological polar surface area (TPSA) is 86.8 Å². The lowest BCUT2D eigenvalue weighted by atomic mass is 10.0. The Bertz CT molecular complexity index is 1130. The van der Waals surface area contributed by atoms with Crippen molar-refractivity contribution in [1.82, 2.24) is 10.2 Å². The van der Waals surface area contributed by atoms with Crippen LogP contribution in [0.1, 0.15) is 57.2 Å². The normalized spacial score (nSPS) is 12.5. The van der Waals surface area contributed by atoms with Crippen molar-refractivity contribution in [3.63, 3.8) is 0 Å². The largest absolute Gasteiger partial charge is 0.354 e. The number of nitrogens with one attached hydrogen (secondary N) is 1. The maximum absolute atomic E-state index is 13.7. The first-order valence-electron chi connectivity index (χ1n) is 12.0. The number of para-hydroxylation sites is 1. The summed E-state index contributed by atoms with van der Waals surface area (Å²) in [7, 11) is -3.76. The summed E-state index contributed by atoms with van der Waals surface area (Å²) in [5.41, 5.74) is 3.22. The van der Waals surface area contributed by atoms with Crippen LogP contribution in [0.5, 0.6) is 0 Å². The second-order valence-electron chi connectivity index (χ2n) is 9.81. The van der Waals surface area contributed by atoms with E-state index in [0.29, 0.717) is 12.2 Å². The van der Waals surface area contributed by atoms with Crippen LogP contribution >= 0.6 is 0 Å². The molecule has 35 heavy (non-hydrogen) atoms. The summed E-state index contributed by atoms with van der Waals surface area (Å²) in [6.07, 6.45) is 1.10. The third-order valence-electron chi connectivity index (χ3n) is 5.79. The Labute approximate surface area is 210 Å². The highest BCUT2D eigenvalue weighted by molar-refractivity contribution is 7.92. The summed E-state index contributed by atoms with van der Waals surface area (Å²) in [4.78, 5) is 28.0. The maximum atomic E-state index is 13.7. The molecule has 2 aromatic carbocycles. The zero-order valence-corrected chi connectivity index (χ0v) is 22.7. The Kier molecular flexibility index (Phi) is 9.89. The van der Waals surface area contributed by atoms with Crippen LogP contribution < -0.4 is 9.62 Å². The van der Waals surface area contributed by atoms with E-state index in [4.69, 9.17) is 0 Å². The van der Waals surface area contributed by atoms with Crippen molar-refractivity contribution >= 4 is 27.5 Å². The van der Waals surface area contributed by atoms with Crippen LogP contribution in [0.15, 0.2) is 48.5 Å². The second-order valence-corrected chi connectivity index (χ2v) is 11.7. The number of hydrogen-bond donors (Lipinski definition) is 1. The molecule has 0 aliphatic rings. The highest BCUT2D eigenvalue weighted by Gasteiger charge is 2.31. The average Bonchev–Trinajstić information content (AvgIpc) is 2.78. The standard InChI is InChI=1S/C27H39N3O4S/c1-19(2)16-28-27(32)22(6)29(17-23-12-10-11-21(5)15-23)26(31)18-30(35(7,33)34)25-14-9-8-13-24(25)20(3)4/h8-15,19-20,22H,16-18H2,1-7H3,(H,28,32)/t22-/m1/s1. The molecule has 0 saturated heterocycles. The van der Waals surface area contributed by atoms with Crippen molar-refractivity contribution in [2.45, 2.75) is 60.0 Å². The van der Waals surface area contributed by atoms with E-state index in [2.05, 4.69) is 5.32 Å². The minimum absolute atomic E-state index is 0.0645. The molecule has 2 aromatic rings. The zero-order chi connectivity index (χ0) is 26.3. The molecule has 0 aliphatic heterocycles. The van der Waals surface area contributed by atoms with Crippen molar-refractivity contribution in [1.29, 1.82) is 0 Å². The molecule has 192 valence electrons. The fourth-order valence-electron chi connectivity index (χ4n) is 3.84. The van der Waals surface area contributed by atoms with E-state index in [1.54, 1.807) is 19.1 Å². The predicted octanol–water partition coefficient (Wildman–Crippen LogP) is 4.07. The van der Waals surface area contributed by atoms with Gasteiger partial charge in [0.15, 0.2) is 0 Å². The summed E-state index contributed by atoms with van der Waals surface area (Å²) < 4.78 is 26.8. The molecule has 7 nitrogen and oxygen atoms in total. The van der Waals surface area contributed by atoms with Gasteiger partial charge in [-0.05, 0) is 42.9 Å². The van der Waals surface area contributed by atoms with Crippen molar-refractivity contribution in [3.8, 4) is 0 Å². The molecule has 8 heteroatoms. The zero-order valence-electron chi connectivity index (χ0n) is 21.9. The number of nitrogens with zero attached hydrogens (tertiary/aromatic N) is 2. The SMILES string of the molecule is Cc1cccc(CN(C(=O)CN(c2ccccc2C(C)C)S(C)(=O)=O)[C@H](C)C(=O)NCC(C)C)c1. The van der Waals surface area contributed by atoms with E-state index in [-0.39, 0.29) is 24.3 Å². The van der Waals surface area contributed by atoms with Crippen LogP contribution in [0, 0.1) is 12.8 Å². The number of aryl methyl sites for hydroxylation is 1. The number of hydrogen-bond acceptors (Lipinski definition) is 4. The van der Waals surface area contributed by atoms with Crippen molar-refractivity contribution in [3.05, 3.63) is 65.2 Å². The van der Waals surface area contributed by atoms with E-state index in [1.807, 2.05) is 71.0 Å². The van der Waals surface area contributed by atoms with E-state index in [1.165, 1.54) is 4.90 Å². The highest BCUT2D eigenvalue weighted by atomic mass is 32.2. The molecule has 0 aliphatic carbocycles. The molecule has 0 radical (unpaired) electrons. The molecular formula is C27H39N3O4S. The van der Waals surface area contributed by atoms with Gasteiger partial charge in [-0.25, -0.2) is 8.42 Å². The second kappa shape index (κ2) is 12.2. The van der Waals surface area contributed by atoms with E-state index < -0.39 is 28.5 Å². The van der Waals surface area contributed by atoms with Gasteiger partial charge < -0.3 is 10.2 Å². The van der Waals surface area contributed by atoms with Crippen LogP contribution in [-0.4, -0.2) is 50.5 Å². The number of sulfonamides is 1. The van der Waals surface area contributed by atoms with Gasteiger partial charge in [0.2, 0.25) is 21.8 Å². The van der Waals surface area contributed by atoms with Crippen LogP contribution in [0.4, 0.5) is 5.69 Å². The molecule has 0 heterocycles. The Balaban J connectivity index is 2.43. The minimum Gasteiger partial charge on any atom is -0.354 e. The van der Waals surface area contributed by atoms with E-state index in [0.717, 1.165) is 27.3 Å². The molecule has 1 atom stereocenters. The van der Waals surface area contributed by atoms with Crippen LogP contribution in [-0.2, 0) is 26.2 Å². The molecule has 2 amide bonds. The molecular weight excluding hydrogens is 462 g/mol. The van der Waals surface area contributed by atoms with Gasteiger partial charge in [-0.2, -0.15) is 0 Å². The van der Waals surface area contributed by atoms with Crippen molar-refractivity contribution in [2.24, 2.45) is 5.92 Å². The molecule has 0 aromatic heterocycles. The van der Waals surface area contributed by atoms with Gasteiger partial charge in [0, 0.05) is 13.1 Å². The van der Waals surface area contributed by atoms with Gasteiger partial charge in [-0.15, -0.1) is 0 Å². The molecule has 0 bridgehead atoms. The van der Waals surface area contributed by atoms with Crippen LogP contribution in [0.25, 0.3) is 0 Å². The lowest BCUT2D eigenvalue weighted by Crippen LogP contribution is -2.51. The van der Waals surface area contributed by atoms with E-state index in [9.17, 15) is 18.0 Å². The molecule has 0 unspecified atom stereocenters. The predicted molar refractivity (Wildman–Crippen MR) is 142 cm³/mol. The lowest BCUT2D eigenvalue weighted by Gasteiger charge is -2.32. The molecule has 0 fully saturated rings. The minimum atomic E-state index is -3.76. The Morgan fingerprint density at radius 1 is 0.971 bits per heavy atom. The van der Waals surface area contributed by atoms with Gasteiger partial charge in [0.1, 0.15) is 12.6 Å². The molecule has 1 N–H and O–H groups in total. The number of rotatable bonds is 11. The number of carbonyl (C=O) groups excluding carboxylic acids is 2. The number of amides is 2. The summed E-state index contributed by atoms with van der Waals surface area (Å²) in [6, 6.07) is 14.1. The number of anilines is 1.